The number of fused-ring (bicyclic) bond motifs is 2. The van der Waals surface area contributed by atoms with E-state index in [1.165, 1.54) is 19.3 Å². The molecule has 52 valence electrons. The molecular weight excluding hydrogens is 132 g/mol. The van der Waals surface area contributed by atoms with E-state index in [2.05, 4.69) is 6.92 Å². The molecule has 2 saturated heterocycles. The topological polar surface area (TPSA) is 17.1 Å². The molecule has 0 N–H and O–H groups in total. The van der Waals surface area contributed by atoms with E-state index in [9.17, 15) is 4.21 Å². The molecule has 0 aromatic carbocycles. The van der Waals surface area contributed by atoms with Crippen molar-refractivity contribution in [1.82, 2.24) is 0 Å². The predicted octanol–water partition coefficient (Wildman–Crippen LogP) is 1.31. The zero-order valence-electron chi connectivity index (χ0n) is 5.67. The van der Waals surface area contributed by atoms with Gasteiger partial charge in [0.2, 0.25) is 0 Å². The highest BCUT2D eigenvalue weighted by Gasteiger charge is 2.43. The molecule has 1 unspecified atom stereocenters. The summed E-state index contributed by atoms with van der Waals surface area (Å²) in [6, 6.07) is 0. The van der Waals surface area contributed by atoms with Crippen molar-refractivity contribution in [2.45, 2.75) is 36.7 Å². The lowest BCUT2D eigenvalue weighted by molar-refractivity contribution is 0.445. The molecule has 2 rings (SSSR count). The van der Waals surface area contributed by atoms with Crippen LogP contribution in [0.5, 0.6) is 0 Å². The summed E-state index contributed by atoms with van der Waals surface area (Å²) < 4.78 is 11.3. The van der Waals surface area contributed by atoms with Crippen LogP contribution in [0.1, 0.15) is 26.2 Å². The van der Waals surface area contributed by atoms with Gasteiger partial charge in [-0.2, -0.15) is 0 Å². The van der Waals surface area contributed by atoms with E-state index in [4.69, 9.17) is 0 Å². The van der Waals surface area contributed by atoms with Crippen LogP contribution in [0.2, 0.25) is 0 Å². The molecule has 9 heavy (non-hydrogen) atoms. The van der Waals surface area contributed by atoms with Gasteiger partial charge in [0.1, 0.15) is 0 Å². The Balaban J connectivity index is 2.26. The summed E-state index contributed by atoms with van der Waals surface area (Å²) >= 11 is 0. The van der Waals surface area contributed by atoms with E-state index in [1.54, 1.807) is 0 Å². The molecule has 0 aromatic heterocycles. The third-order valence-electron chi connectivity index (χ3n) is 2.67. The second-order valence-corrected chi connectivity index (χ2v) is 5.21. The minimum Gasteiger partial charge on any atom is -0.259 e. The Morgan fingerprint density at radius 3 is 2.44 bits per heavy atom. The highest BCUT2D eigenvalue weighted by molar-refractivity contribution is 7.86. The second kappa shape index (κ2) is 1.82. The van der Waals surface area contributed by atoms with Gasteiger partial charge in [-0.1, -0.05) is 6.92 Å². The first-order chi connectivity index (χ1) is 4.29. The highest BCUT2D eigenvalue weighted by Crippen LogP contribution is 2.41. The second-order valence-electron chi connectivity index (χ2n) is 3.28. The van der Waals surface area contributed by atoms with E-state index in [-0.39, 0.29) is 0 Å². The quantitative estimate of drug-likeness (QED) is 0.501. The monoisotopic (exact) mass is 144 g/mol. The zero-order valence-corrected chi connectivity index (χ0v) is 6.49. The van der Waals surface area contributed by atoms with Crippen LogP contribution in [0.15, 0.2) is 0 Å². The molecule has 0 spiro atoms. The molecule has 2 fully saturated rings. The molecule has 0 saturated carbocycles. The Bertz CT molecular complexity index is 155. The maximum atomic E-state index is 11.3. The summed E-state index contributed by atoms with van der Waals surface area (Å²) in [5.41, 5.74) is 0. The maximum absolute atomic E-state index is 11.3. The number of hydrogen-bond donors (Lipinski definition) is 0. The SMILES string of the molecule is C[C@H]1C[C@@H]2CC[C@H]1S2=O. The standard InChI is InChI=1S/C7H12OS/c1-5-4-6-2-3-7(5)9(6)8/h5-7H,2-4H2,1H3/t5-,6-,7+,9?/m0/s1. The van der Waals surface area contributed by atoms with Crippen molar-refractivity contribution >= 4 is 10.8 Å². The fraction of sp³-hybridized carbons (Fsp3) is 1.00. The lowest BCUT2D eigenvalue weighted by atomic mass is 9.91. The van der Waals surface area contributed by atoms with Crippen LogP contribution >= 0.6 is 0 Å². The van der Waals surface area contributed by atoms with E-state index in [1.807, 2.05) is 0 Å². The van der Waals surface area contributed by atoms with Gasteiger partial charge in [0, 0.05) is 21.3 Å². The molecule has 2 aliphatic heterocycles. The fourth-order valence-electron chi connectivity index (χ4n) is 2.12. The summed E-state index contributed by atoms with van der Waals surface area (Å²) in [4.78, 5) is 0. The third kappa shape index (κ3) is 0.689. The average molecular weight is 144 g/mol. The Morgan fingerprint density at radius 1 is 1.44 bits per heavy atom. The maximum Gasteiger partial charge on any atom is 0.0377 e. The lowest BCUT2D eigenvalue weighted by Crippen LogP contribution is -2.12. The summed E-state index contributed by atoms with van der Waals surface area (Å²) in [6.45, 7) is 2.24. The molecule has 4 atom stereocenters. The highest BCUT2D eigenvalue weighted by atomic mass is 32.2. The summed E-state index contributed by atoms with van der Waals surface area (Å²) in [7, 11) is -0.431. The molecule has 1 nitrogen and oxygen atoms in total. The largest absolute Gasteiger partial charge is 0.259 e. The van der Waals surface area contributed by atoms with Crippen molar-refractivity contribution in [3.63, 3.8) is 0 Å². The molecule has 0 aromatic rings. The average Bonchev–Trinajstić information content (AvgIpc) is 2.25. The zero-order chi connectivity index (χ0) is 6.43. The van der Waals surface area contributed by atoms with Crippen LogP contribution in [0, 0.1) is 5.92 Å². The minimum atomic E-state index is -0.431. The molecule has 2 heterocycles. The van der Waals surface area contributed by atoms with Gasteiger partial charge in [-0.05, 0) is 25.2 Å². The van der Waals surface area contributed by atoms with Crippen LogP contribution < -0.4 is 0 Å². The summed E-state index contributed by atoms with van der Waals surface area (Å²) in [6.07, 6.45) is 3.71. The van der Waals surface area contributed by atoms with E-state index >= 15 is 0 Å². The van der Waals surface area contributed by atoms with Crippen molar-refractivity contribution in [1.29, 1.82) is 0 Å². The third-order valence-corrected chi connectivity index (χ3v) is 5.05. The van der Waals surface area contributed by atoms with Gasteiger partial charge in [-0.3, -0.25) is 4.21 Å². The first kappa shape index (κ1) is 5.90. The van der Waals surface area contributed by atoms with Gasteiger partial charge in [-0.25, -0.2) is 0 Å². The van der Waals surface area contributed by atoms with Gasteiger partial charge >= 0.3 is 0 Å². The van der Waals surface area contributed by atoms with Crippen molar-refractivity contribution in [3.05, 3.63) is 0 Å². The molecule has 2 heteroatoms. The number of hydrogen-bond acceptors (Lipinski definition) is 1. The first-order valence-electron chi connectivity index (χ1n) is 3.68. The Kier molecular flexibility index (Phi) is 1.19. The molecule has 2 bridgehead atoms. The molecule has 0 aliphatic carbocycles. The first-order valence-corrected chi connectivity index (χ1v) is 4.96. The van der Waals surface area contributed by atoms with Gasteiger partial charge in [-0.15, -0.1) is 0 Å². The molecule has 0 amide bonds. The van der Waals surface area contributed by atoms with Gasteiger partial charge in [0.15, 0.2) is 0 Å². The minimum absolute atomic E-state index is 0.431. The van der Waals surface area contributed by atoms with Crippen molar-refractivity contribution in [2.24, 2.45) is 5.92 Å². The normalized spacial score (nSPS) is 56.6. The van der Waals surface area contributed by atoms with Crippen LogP contribution in [0.4, 0.5) is 0 Å². The fourth-order valence-corrected chi connectivity index (χ4v) is 4.42. The van der Waals surface area contributed by atoms with Gasteiger partial charge in [0.25, 0.3) is 0 Å². The predicted molar refractivity (Wildman–Crippen MR) is 38.7 cm³/mol. The van der Waals surface area contributed by atoms with Crippen LogP contribution in [0.3, 0.4) is 0 Å². The number of rotatable bonds is 0. The van der Waals surface area contributed by atoms with Crippen molar-refractivity contribution < 1.29 is 4.21 Å². The Hall–Kier alpha value is 0.150. The molecule has 2 aliphatic rings. The van der Waals surface area contributed by atoms with Crippen molar-refractivity contribution in [3.8, 4) is 0 Å². The molecule has 0 radical (unpaired) electrons. The smallest absolute Gasteiger partial charge is 0.0377 e. The van der Waals surface area contributed by atoms with Crippen LogP contribution in [-0.4, -0.2) is 14.7 Å². The molecular formula is C7H12OS. The Morgan fingerprint density at radius 2 is 2.22 bits per heavy atom. The Labute approximate surface area is 58.3 Å². The summed E-state index contributed by atoms with van der Waals surface area (Å²) in [5, 5.41) is 1.17. The van der Waals surface area contributed by atoms with E-state index in [0.717, 1.165) is 5.92 Å². The lowest BCUT2D eigenvalue weighted by Gasteiger charge is -2.12. The summed E-state index contributed by atoms with van der Waals surface area (Å²) in [5.74, 6) is 0.754. The van der Waals surface area contributed by atoms with Gasteiger partial charge in [0.05, 0.1) is 0 Å². The van der Waals surface area contributed by atoms with E-state index < -0.39 is 10.8 Å². The van der Waals surface area contributed by atoms with Gasteiger partial charge < -0.3 is 0 Å². The van der Waals surface area contributed by atoms with Crippen molar-refractivity contribution in [2.75, 3.05) is 0 Å². The van der Waals surface area contributed by atoms with E-state index in [0.29, 0.717) is 10.5 Å². The van der Waals surface area contributed by atoms with Crippen LogP contribution in [0.25, 0.3) is 0 Å². The van der Waals surface area contributed by atoms with Crippen LogP contribution in [-0.2, 0) is 10.8 Å².